The smallest absolute Gasteiger partial charge is 0.171 e. The molecule has 76 valence electrons. The van der Waals surface area contributed by atoms with Crippen molar-refractivity contribution in [1.29, 1.82) is 0 Å². The highest BCUT2D eigenvalue weighted by atomic mass is 15.2. The van der Waals surface area contributed by atoms with Gasteiger partial charge in [-0.2, -0.15) is 0 Å². The topological polar surface area (TPSA) is 55.0 Å². The maximum Gasteiger partial charge on any atom is 0.171 e. The molecule has 0 aromatic carbocycles. The number of aromatic nitrogens is 2. The molecule has 1 aliphatic heterocycles. The lowest BCUT2D eigenvalue weighted by atomic mass is 10.1. The molecule has 0 saturated carbocycles. The number of hydrogen-bond donors (Lipinski definition) is 1. The van der Waals surface area contributed by atoms with E-state index in [9.17, 15) is 0 Å². The molecule has 2 heterocycles. The number of rotatable bonds is 1. The van der Waals surface area contributed by atoms with Crippen molar-refractivity contribution in [2.75, 3.05) is 17.2 Å². The highest BCUT2D eigenvalue weighted by Crippen LogP contribution is 2.29. The summed E-state index contributed by atoms with van der Waals surface area (Å²) >= 11 is 0. The van der Waals surface area contributed by atoms with E-state index in [1.54, 1.807) is 12.4 Å². The van der Waals surface area contributed by atoms with Crippen molar-refractivity contribution >= 4 is 11.6 Å². The summed E-state index contributed by atoms with van der Waals surface area (Å²) in [5.41, 5.74) is 5.79. The molecular formula is C10H16N4. The Kier molecular flexibility index (Phi) is 2.27. The van der Waals surface area contributed by atoms with Crippen molar-refractivity contribution in [3.63, 3.8) is 0 Å². The zero-order valence-corrected chi connectivity index (χ0v) is 8.64. The average Bonchev–Trinajstić information content (AvgIpc) is 2.49. The van der Waals surface area contributed by atoms with Crippen LogP contribution in [0.1, 0.15) is 20.3 Å². The zero-order valence-electron chi connectivity index (χ0n) is 8.64. The van der Waals surface area contributed by atoms with Crippen molar-refractivity contribution < 1.29 is 0 Å². The number of nitrogen functional groups attached to an aromatic ring is 1. The van der Waals surface area contributed by atoms with Gasteiger partial charge in [0.15, 0.2) is 11.6 Å². The van der Waals surface area contributed by atoms with Crippen LogP contribution in [0.5, 0.6) is 0 Å². The van der Waals surface area contributed by atoms with Gasteiger partial charge in [-0.3, -0.25) is 0 Å². The largest absolute Gasteiger partial charge is 0.381 e. The van der Waals surface area contributed by atoms with Gasteiger partial charge in [0.25, 0.3) is 0 Å². The molecule has 0 bridgehead atoms. The Morgan fingerprint density at radius 2 is 2.07 bits per heavy atom. The number of nitrogens with two attached hydrogens (primary N) is 1. The van der Waals surface area contributed by atoms with E-state index in [4.69, 9.17) is 5.73 Å². The third-order valence-corrected chi connectivity index (χ3v) is 3.12. The fraction of sp³-hybridized carbons (Fsp3) is 0.600. The van der Waals surface area contributed by atoms with Gasteiger partial charge in [-0.1, -0.05) is 6.92 Å². The van der Waals surface area contributed by atoms with Gasteiger partial charge in [0.1, 0.15) is 0 Å². The summed E-state index contributed by atoms with van der Waals surface area (Å²) in [6, 6.07) is 0.508. The molecule has 2 atom stereocenters. The van der Waals surface area contributed by atoms with E-state index in [2.05, 4.69) is 28.7 Å². The molecule has 1 aromatic heterocycles. The summed E-state index contributed by atoms with van der Waals surface area (Å²) in [5, 5.41) is 0. The Morgan fingerprint density at radius 3 is 2.64 bits per heavy atom. The molecule has 2 unspecified atom stereocenters. The van der Waals surface area contributed by atoms with E-state index in [1.807, 2.05) is 0 Å². The molecular weight excluding hydrogens is 176 g/mol. The van der Waals surface area contributed by atoms with Crippen LogP contribution in [-0.2, 0) is 0 Å². The van der Waals surface area contributed by atoms with Crippen molar-refractivity contribution in [2.24, 2.45) is 5.92 Å². The molecule has 1 aliphatic rings. The van der Waals surface area contributed by atoms with E-state index in [0.29, 0.717) is 17.8 Å². The summed E-state index contributed by atoms with van der Waals surface area (Å²) < 4.78 is 0. The normalized spacial score (nSPS) is 26.9. The molecule has 14 heavy (non-hydrogen) atoms. The summed E-state index contributed by atoms with van der Waals surface area (Å²) in [5.74, 6) is 2.08. The van der Waals surface area contributed by atoms with Crippen LogP contribution in [0.4, 0.5) is 11.6 Å². The predicted octanol–water partition coefficient (Wildman–Crippen LogP) is 1.29. The van der Waals surface area contributed by atoms with Crippen LogP contribution >= 0.6 is 0 Å². The Morgan fingerprint density at radius 1 is 1.36 bits per heavy atom. The lowest BCUT2D eigenvalue weighted by molar-refractivity contribution is 0.544. The second-order valence-electron chi connectivity index (χ2n) is 3.97. The van der Waals surface area contributed by atoms with E-state index in [0.717, 1.165) is 12.4 Å². The molecule has 1 saturated heterocycles. The Bertz CT molecular complexity index is 326. The fourth-order valence-electron chi connectivity index (χ4n) is 1.96. The number of anilines is 2. The molecule has 0 radical (unpaired) electrons. The lowest BCUT2D eigenvalue weighted by Crippen LogP contribution is -2.30. The predicted molar refractivity (Wildman–Crippen MR) is 57.0 cm³/mol. The van der Waals surface area contributed by atoms with Gasteiger partial charge in [-0.25, -0.2) is 9.97 Å². The van der Waals surface area contributed by atoms with Gasteiger partial charge < -0.3 is 10.6 Å². The van der Waals surface area contributed by atoms with Gasteiger partial charge in [0.05, 0.1) is 0 Å². The maximum absolute atomic E-state index is 5.79. The molecule has 1 aromatic rings. The molecule has 1 fully saturated rings. The fourth-order valence-corrected chi connectivity index (χ4v) is 1.96. The first kappa shape index (κ1) is 9.24. The summed E-state index contributed by atoms with van der Waals surface area (Å²) in [4.78, 5) is 10.6. The summed E-state index contributed by atoms with van der Waals surface area (Å²) in [6.45, 7) is 5.51. The first-order chi connectivity index (χ1) is 6.70. The number of hydrogen-bond acceptors (Lipinski definition) is 4. The standard InChI is InChI=1S/C10H16N4/c1-7-3-6-14(8(7)2)10-9(11)12-4-5-13-10/h4-5,7-8H,3,6H2,1-2H3,(H2,11,12). The van der Waals surface area contributed by atoms with Gasteiger partial charge >= 0.3 is 0 Å². The van der Waals surface area contributed by atoms with Gasteiger partial charge in [-0.05, 0) is 19.3 Å². The Labute approximate surface area is 84.2 Å². The molecule has 2 N–H and O–H groups in total. The monoisotopic (exact) mass is 192 g/mol. The zero-order chi connectivity index (χ0) is 10.1. The van der Waals surface area contributed by atoms with Crippen molar-refractivity contribution in [3.05, 3.63) is 12.4 Å². The minimum Gasteiger partial charge on any atom is -0.381 e. The van der Waals surface area contributed by atoms with Crippen LogP contribution < -0.4 is 10.6 Å². The van der Waals surface area contributed by atoms with Crippen molar-refractivity contribution in [1.82, 2.24) is 9.97 Å². The second-order valence-corrected chi connectivity index (χ2v) is 3.97. The summed E-state index contributed by atoms with van der Waals surface area (Å²) in [7, 11) is 0. The van der Waals surface area contributed by atoms with E-state index in [1.165, 1.54) is 6.42 Å². The first-order valence-electron chi connectivity index (χ1n) is 5.03. The van der Waals surface area contributed by atoms with Crippen LogP contribution in [0, 0.1) is 5.92 Å². The molecule has 0 amide bonds. The lowest BCUT2D eigenvalue weighted by Gasteiger charge is -2.24. The molecule has 4 nitrogen and oxygen atoms in total. The Balaban J connectivity index is 2.28. The molecule has 0 aliphatic carbocycles. The summed E-state index contributed by atoms with van der Waals surface area (Å²) in [6.07, 6.45) is 4.53. The SMILES string of the molecule is CC1CCN(c2nccnc2N)C1C. The molecule has 4 heteroatoms. The minimum absolute atomic E-state index is 0.508. The third-order valence-electron chi connectivity index (χ3n) is 3.12. The minimum atomic E-state index is 0.508. The highest BCUT2D eigenvalue weighted by molar-refractivity contribution is 5.58. The first-order valence-corrected chi connectivity index (χ1v) is 5.03. The van der Waals surface area contributed by atoms with E-state index < -0.39 is 0 Å². The molecule has 0 spiro atoms. The van der Waals surface area contributed by atoms with Gasteiger partial charge in [0.2, 0.25) is 0 Å². The van der Waals surface area contributed by atoms with Crippen molar-refractivity contribution in [3.8, 4) is 0 Å². The van der Waals surface area contributed by atoms with Crippen LogP contribution in [0.2, 0.25) is 0 Å². The van der Waals surface area contributed by atoms with Crippen LogP contribution in [0.3, 0.4) is 0 Å². The maximum atomic E-state index is 5.79. The van der Waals surface area contributed by atoms with Crippen molar-refractivity contribution in [2.45, 2.75) is 26.3 Å². The van der Waals surface area contributed by atoms with Gasteiger partial charge in [0, 0.05) is 25.0 Å². The van der Waals surface area contributed by atoms with E-state index >= 15 is 0 Å². The van der Waals surface area contributed by atoms with E-state index in [-0.39, 0.29) is 0 Å². The molecule has 2 rings (SSSR count). The van der Waals surface area contributed by atoms with Crippen LogP contribution in [0.25, 0.3) is 0 Å². The van der Waals surface area contributed by atoms with Gasteiger partial charge in [-0.15, -0.1) is 0 Å². The Hall–Kier alpha value is -1.32. The van der Waals surface area contributed by atoms with Crippen LogP contribution in [0.15, 0.2) is 12.4 Å². The third kappa shape index (κ3) is 1.41. The number of nitrogens with zero attached hydrogens (tertiary/aromatic N) is 3. The van der Waals surface area contributed by atoms with Crippen LogP contribution in [-0.4, -0.2) is 22.6 Å². The second kappa shape index (κ2) is 3.44. The quantitative estimate of drug-likeness (QED) is 0.728. The average molecular weight is 192 g/mol. The highest BCUT2D eigenvalue weighted by Gasteiger charge is 2.29.